The zero-order valence-corrected chi connectivity index (χ0v) is 13.2. The van der Waals surface area contributed by atoms with E-state index in [1.54, 1.807) is 4.31 Å². The molecule has 0 spiro atoms. The van der Waals surface area contributed by atoms with Gasteiger partial charge in [-0.15, -0.1) is 12.4 Å². The number of halogens is 1. The fourth-order valence-corrected chi connectivity index (χ4v) is 4.28. The summed E-state index contributed by atoms with van der Waals surface area (Å²) in [7, 11) is -3.30. The number of rotatable bonds is 3. The Kier molecular flexibility index (Phi) is 7.04. The van der Waals surface area contributed by atoms with Crippen LogP contribution in [0.25, 0.3) is 0 Å². The van der Waals surface area contributed by atoms with E-state index in [0.717, 1.165) is 45.2 Å². The van der Waals surface area contributed by atoms with Gasteiger partial charge in [0.1, 0.15) is 0 Å². The molecule has 0 saturated carbocycles. The molecule has 2 heterocycles. The van der Waals surface area contributed by atoms with Crippen LogP contribution in [0.4, 0.5) is 0 Å². The second-order valence-electron chi connectivity index (χ2n) is 5.51. The standard InChI is InChI=1S/C12H25N3O2S.ClH/c1-11-6-7-13-10-12(11)14-18(16,17)15-8-4-2-3-5-9-15;/h11-14H,2-10H2,1H3;1H. The maximum absolute atomic E-state index is 12.3. The van der Waals surface area contributed by atoms with Crippen LogP contribution in [-0.4, -0.2) is 44.9 Å². The first kappa shape index (κ1) is 17.2. The van der Waals surface area contributed by atoms with Crippen molar-refractivity contribution in [1.82, 2.24) is 14.3 Å². The number of piperidine rings is 1. The summed E-state index contributed by atoms with van der Waals surface area (Å²) in [6.07, 6.45) is 5.30. The van der Waals surface area contributed by atoms with Crippen molar-refractivity contribution in [3.8, 4) is 0 Å². The molecule has 0 aromatic heterocycles. The monoisotopic (exact) mass is 311 g/mol. The molecule has 0 bridgehead atoms. The minimum Gasteiger partial charge on any atom is -0.315 e. The van der Waals surface area contributed by atoms with E-state index < -0.39 is 10.2 Å². The first-order valence-electron chi connectivity index (χ1n) is 7.08. The largest absolute Gasteiger partial charge is 0.315 e. The van der Waals surface area contributed by atoms with Gasteiger partial charge in [0.15, 0.2) is 0 Å². The molecule has 0 amide bonds. The zero-order valence-electron chi connectivity index (χ0n) is 11.6. The van der Waals surface area contributed by atoms with Gasteiger partial charge in [-0.25, -0.2) is 0 Å². The Morgan fingerprint density at radius 3 is 2.37 bits per heavy atom. The third-order valence-electron chi connectivity index (χ3n) is 4.03. The van der Waals surface area contributed by atoms with Gasteiger partial charge in [0.25, 0.3) is 10.2 Å². The van der Waals surface area contributed by atoms with Crippen molar-refractivity contribution in [3.63, 3.8) is 0 Å². The summed E-state index contributed by atoms with van der Waals surface area (Å²) in [5.74, 6) is 0.410. The van der Waals surface area contributed by atoms with Crippen molar-refractivity contribution in [1.29, 1.82) is 0 Å². The van der Waals surface area contributed by atoms with Crippen LogP contribution in [-0.2, 0) is 10.2 Å². The van der Waals surface area contributed by atoms with Crippen molar-refractivity contribution in [3.05, 3.63) is 0 Å². The molecule has 2 rings (SSSR count). The van der Waals surface area contributed by atoms with Crippen molar-refractivity contribution >= 4 is 22.6 Å². The molecule has 2 aliphatic heterocycles. The molecule has 2 atom stereocenters. The van der Waals surface area contributed by atoms with E-state index in [9.17, 15) is 8.42 Å². The van der Waals surface area contributed by atoms with Gasteiger partial charge in [-0.1, -0.05) is 19.8 Å². The predicted octanol–water partition coefficient (Wildman–Crippen LogP) is 1.12. The molecule has 0 radical (unpaired) electrons. The molecule has 0 aromatic rings. The second-order valence-corrected chi connectivity index (χ2v) is 7.21. The van der Waals surface area contributed by atoms with Crippen molar-refractivity contribution in [2.45, 2.75) is 45.1 Å². The quantitative estimate of drug-likeness (QED) is 0.821. The Balaban J connectivity index is 0.00000180. The van der Waals surface area contributed by atoms with Gasteiger partial charge in [0.2, 0.25) is 0 Å². The molecular weight excluding hydrogens is 286 g/mol. The normalized spacial score (nSPS) is 30.4. The van der Waals surface area contributed by atoms with Crippen LogP contribution in [0, 0.1) is 5.92 Å². The van der Waals surface area contributed by atoms with E-state index in [1.807, 2.05) is 0 Å². The third kappa shape index (κ3) is 4.86. The fourth-order valence-electron chi connectivity index (χ4n) is 2.70. The van der Waals surface area contributed by atoms with E-state index in [-0.39, 0.29) is 18.4 Å². The van der Waals surface area contributed by atoms with E-state index >= 15 is 0 Å². The molecule has 2 unspecified atom stereocenters. The van der Waals surface area contributed by atoms with Crippen LogP contribution < -0.4 is 10.0 Å². The SMILES string of the molecule is CC1CCNCC1NS(=O)(=O)N1CCCCCC1.Cl. The Morgan fingerprint density at radius 1 is 1.16 bits per heavy atom. The number of nitrogens with one attached hydrogen (secondary N) is 2. The molecule has 0 aromatic carbocycles. The lowest BCUT2D eigenvalue weighted by Crippen LogP contribution is -2.54. The number of hydrogen-bond donors (Lipinski definition) is 2. The summed E-state index contributed by atoms with van der Waals surface area (Å²) in [5.41, 5.74) is 0. The predicted molar refractivity (Wildman–Crippen MR) is 79.8 cm³/mol. The summed E-state index contributed by atoms with van der Waals surface area (Å²) in [4.78, 5) is 0. The van der Waals surface area contributed by atoms with E-state index in [1.165, 1.54) is 0 Å². The molecule has 114 valence electrons. The Morgan fingerprint density at radius 2 is 1.79 bits per heavy atom. The first-order valence-corrected chi connectivity index (χ1v) is 8.52. The average Bonchev–Trinajstić information content (AvgIpc) is 2.61. The second kappa shape index (κ2) is 7.78. The van der Waals surface area contributed by atoms with Crippen molar-refractivity contribution < 1.29 is 8.42 Å². The van der Waals surface area contributed by atoms with E-state index in [4.69, 9.17) is 0 Å². The molecule has 7 heteroatoms. The Bertz CT molecular complexity index is 356. The lowest BCUT2D eigenvalue weighted by molar-refractivity contribution is 0.316. The number of hydrogen-bond acceptors (Lipinski definition) is 3. The van der Waals surface area contributed by atoms with Crippen LogP contribution in [0.1, 0.15) is 39.0 Å². The maximum atomic E-state index is 12.3. The average molecular weight is 312 g/mol. The van der Waals surface area contributed by atoms with Crippen LogP contribution in [0.15, 0.2) is 0 Å². The lowest BCUT2D eigenvalue weighted by Gasteiger charge is -2.32. The van der Waals surface area contributed by atoms with Gasteiger partial charge in [0, 0.05) is 25.7 Å². The van der Waals surface area contributed by atoms with E-state index in [2.05, 4.69) is 17.0 Å². The maximum Gasteiger partial charge on any atom is 0.279 e. The first-order chi connectivity index (χ1) is 8.59. The summed E-state index contributed by atoms with van der Waals surface area (Å²) >= 11 is 0. The Hall–Kier alpha value is 0.120. The Labute approximate surface area is 123 Å². The fraction of sp³-hybridized carbons (Fsp3) is 1.00. The van der Waals surface area contributed by atoms with E-state index in [0.29, 0.717) is 19.0 Å². The molecule has 5 nitrogen and oxygen atoms in total. The summed E-state index contributed by atoms with van der Waals surface area (Å²) < 4.78 is 29.2. The molecular formula is C12H26ClN3O2S. The van der Waals surface area contributed by atoms with Crippen LogP contribution in [0.3, 0.4) is 0 Å². The van der Waals surface area contributed by atoms with Crippen LogP contribution in [0.5, 0.6) is 0 Å². The van der Waals surface area contributed by atoms with Crippen LogP contribution in [0.2, 0.25) is 0 Å². The minimum atomic E-state index is -3.30. The third-order valence-corrected chi connectivity index (χ3v) is 5.68. The zero-order chi connectivity index (χ0) is 13.0. The van der Waals surface area contributed by atoms with Gasteiger partial charge < -0.3 is 5.32 Å². The van der Waals surface area contributed by atoms with Crippen LogP contribution >= 0.6 is 12.4 Å². The molecule has 0 aliphatic carbocycles. The van der Waals surface area contributed by atoms with Gasteiger partial charge in [-0.2, -0.15) is 17.4 Å². The van der Waals surface area contributed by atoms with Gasteiger partial charge in [0.05, 0.1) is 0 Å². The lowest BCUT2D eigenvalue weighted by atomic mass is 9.96. The summed E-state index contributed by atoms with van der Waals surface area (Å²) in [5, 5.41) is 3.26. The highest BCUT2D eigenvalue weighted by atomic mass is 35.5. The molecule has 2 aliphatic rings. The van der Waals surface area contributed by atoms with Gasteiger partial charge in [-0.3, -0.25) is 0 Å². The molecule has 2 N–H and O–H groups in total. The highest BCUT2D eigenvalue weighted by Crippen LogP contribution is 2.16. The van der Waals surface area contributed by atoms with Crippen molar-refractivity contribution in [2.75, 3.05) is 26.2 Å². The van der Waals surface area contributed by atoms with Gasteiger partial charge in [-0.05, 0) is 31.7 Å². The van der Waals surface area contributed by atoms with Gasteiger partial charge >= 0.3 is 0 Å². The van der Waals surface area contributed by atoms with Crippen molar-refractivity contribution in [2.24, 2.45) is 5.92 Å². The highest BCUT2D eigenvalue weighted by Gasteiger charge is 2.29. The summed E-state index contributed by atoms with van der Waals surface area (Å²) in [6.45, 7) is 5.20. The highest BCUT2D eigenvalue weighted by molar-refractivity contribution is 7.87. The number of nitrogens with zero attached hydrogens (tertiary/aromatic N) is 1. The molecule has 2 saturated heterocycles. The molecule has 19 heavy (non-hydrogen) atoms. The minimum absolute atomic E-state index is 0. The summed E-state index contributed by atoms with van der Waals surface area (Å²) in [6, 6.07) is 0.0343. The smallest absolute Gasteiger partial charge is 0.279 e. The topological polar surface area (TPSA) is 61.4 Å². The molecule has 2 fully saturated rings.